The van der Waals surface area contributed by atoms with Crippen LogP contribution in [0.3, 0.4) is 0 Å². The molecule has 3 amide bonds. The summed E-state index contributed by atoms with van der Waals surface area (Å²) in [6.07, 6.45) is 0. The fraction of sp³-hybridized carbons (Fsp3) is 0.471. The predicted octanol–water partition coefficient (Wildman–Crippen LogP) is -0.348. The molecular formula is C17H22N4O5S. The number of hydrogen-bond acceptors (Lipinski definition) is 6. The second-order valence-corrected chi connectivity index (χ2v) is 8.13. The van der Waals surface area contributed by atoms with E-state index in [1.54, 1.807) is 36.4 Å². The van der Waals surface area contributed by atoms with Crippen molar-refractivity contribution < 1.29 is 22.7 Å². The molecule has 2 N–H and O–H groups in total. The molecule has 9 nitrogen and oxygen atoms in total. The van der Waals surface area contributed by atoms with Gasteiger partial charge in [-0.3, -0.25) is 4.79 Å². The molecule has 1 atom stereocenters. The van der Waals surface area contributed by atoms with Crippen LogP contribution in [0.25, 0.3) is 0 Å². The van der Waals surface area contributed by atoms with E-state index >= 15 is 0 Å². The van der Waals surface area contributed by atoms with Gasteiger partial charge in [-0.25, -0.2) is 13.2 Å². The molecule has 1 aliphatic rings. The van der Waals surface area contributed by atoms with E-state index in [9.17, 15) is 18.0 Å². The minimum Gasteiger partial charge on any atom is -0.378 e. The normalized spacial score (nSPS) is 15.4. The highest BCUT2D eigenvalue weighted by atomic mass is 32.2. The molecule has 146 valence electrons. The highest BCUT2D eigenvalue weighted by molar-refractivity contribution is 7.90. The molecule has 1 aromatic carbocycles. The lowest BCUT2D eigenvalue weighted by Crippen LogP contribution is -2.55. The van der Waals surface area contributed by atoms with Gasteiger partial charge >= 0.3 is 6.03 Å². The van der Waals surface area contributed by atoms with Crippen molar-refractivity contribution in [2.45, 2.75) is 11.8 Å². The summed E-state index contributed by atoms with van der Waals surface area (Å²) in [7, 11) is -3.68. The average molecular weight is 394 g/mol. The Morgan fingerprint density at radius 1 is 1.22 bits per heavy atom. The van der Waals surface area contributed by atoms with Gasteiger partial charge in [-0.15, -0.1) is 0 Å². The van der Waals surface area contributed by atoms with Gasteiger partial charge in [-0.2, -0.15) is 5.26 Å². The zero-order valence-corrected chi connectivity index (χ0v) is 15.6. The Balaban J connectivity index is 2.07. The number of sulfone groups is 1. The van der Waals surface area contributed by atoms with Crippen molar-refractivity contribution in [3.63, 3.8) is 0 Å². The van der Waals surface area contributed by atoms with Crippen LogP contribution in [-0.4, -0.2) is 69.9 Å². The summed E-state index contributed by atoms with van der Waals surface area (Å²) in [6, 6.07) is 8.50. The van der Waals surface area contributed by atoms with Crippen molar-refractivity contribution >= 4 is 21.8 Å². The zero-order chi connectivity index (χ0) is 19.7. The average Bonchev–Trinajstić information content (AvgIpc) is 2.66. The van der Waals surface area contributed by atoms with E-state index in [0.29, 0.717) is 31.9 Å². The lowest BCUT2D eigenvalue weighted by Gasteiger charge is -2.29. The highest BCUT2D eigenvalue weighted by Gasteiger charge is 2.29. The van der Waals surface area contributed by atoms with Gasteiger partial charge in [-0.1, -0.05) is 30.3 Å². The van der Waals surface area contributed by atoms with Crippen LogP contribution >= 0.6 is 0 Å². The smallest absolute Gasteiger partial charge is 0.318 e. The zero-order valence-electron chi connectivity index (χ0n) is 14.8. The molecule has 0 aromatic heterocycles. The Hall–Kier alpha value is -2.64. The molecule has 0 spiro atoms. The maximum atomic E-state index is 12.5. The maximum absolute atomic E-state index is 12.5. The number of hydrogen-bond donors (Lipinski definition) is 2. The first kappa shape index (κ1) is 20.7. The van der Waals surface area contributed by atoms with Gasteiger partial charge in [0.1, 0.15) is 12.6 Å². The van der Waals surface area contributed by atoms with E-state index in [-0.39, 0.29) is 12.3 Å². The molecule has 0 aliphatic carbocycles. The van der Waals surface area contributed by atoms with Gasteiger partial charge in [0.05, 0.1) is 30.8 Å². The number of nitrogens with zero attached hydrogens (tertiary/aromatic N) is 2. The van der Waals surface area contributed by atoms with E-state index in [2.05, 4.69) is 10.6 Å². The molecule has 0 saturated carbocycles. The molecule has 2 rings (SSSR count). The fourth-order valence-electron chi connectivity index (χ4n) is 2.58. The topological polar surface area (TPSA) is 129 Å². The quantitative estimate of drug-likeness (QED) is 0.609. The SMILES string of the molecule is N#CCNC(=O)C(CS(=O)(=O)Cc1ccccc1)NC(=O)N1CCOCC1. The van der Waals surface area contributed by atoms with Crippen molar-refractivity contribution in [3.05, 3.63) is 35.9 Å². The lowest BCUT2D eigenvalue weighted by molar-refractivity contribution is -0.122. The molecule has 1 aromatic rings. The third-order valence-corrected chi connectivity index (χ3v) is 5.52. The van der Waals surface area contributed by atoms with Crippen LogP contribution in [0.5, 0.6) is 0 Å². The largest absolute Gasteiger partial charge is 0.378 e. The summed E-state index contributed by atoms with van der Waals surface area (Å²) < 4.78 is 30.2. The number of ether oxygens (including phenoxy) is 1. The fourth-order valence-corrected chi connectivity index (χ4v) is 4.14. The first-order valence-corrected chi connectivity index (χ1v) is 10.3. The first-order valence-electron chi connectivity index (χ1n) is 8.43. The lowest BCUT2D eigenvalue weighted by atomic mass is 10.2. The molecule has 1 unspecified atom stereocenters. The Morgan fingerprint density at radius 2 is 1.89 bits per heavy atom. The number of carbonyl (C=O) groups excluding carboxylic acids is 2. The molecule has 1 heterocycles. The predicted molar refractivity (Wildman–Crippen MR) is 97.3 cm³/mol. The first-order chi connectivity index (χ1) is 12.9. The minimum atomic E-state index is -3.68. The highest BCUT2D eigenvalue weighted by Crippen LogP contribution is 2.08. The molecule has 1 fully saturated rings. The van der Waals surface area contributed by atoms with E-state index in [1.807, 2.05) is 0 Å². The van der Waals surface area contributed by atoms with Crippen molar-refractivity contribution in [1.82, 2.24) is 15.5 Å². The molecule has 0 radical (unpaired) electrons. The second kappa shape index (κ2) is 9.89. The number of urea groups is 1. The number of morpholine rings is 1. The van der Waals surface area contributed by atoms with Gasteiger partial charge in [0, 0.05) is 13.1 Å². The number of benzene rings is 1. The number of nitrogens with one attached hydrogen (secondary N) is 2. The van der Waals surface area contributed by atoms with Crippen LogP contribution in [0.15, 0.2) is 30.3 Å². The number of rotatable bonds is 7. The van der Waals surface area contributed by atoms with Crippen molar-refractivity contribution in [2.24, 2.45) is 0 Å². The molecule has 10 heteroatoms. The van der Waals surface area contributed by atoms with Gasteiger partial charge in [0.2, 0.25) is 5.91 Å². The monoisotopic (exact) mass is 394 g/mol. The van der Waals surface area contributed by atoms with Crippen LogP contribution in [0.2, 0.25) is 0 Å². The Labute approximate surface area is 158 Å². The van der Waals surface area contributed by atoms with Crippen molar-refractivity contribution in [2.75, 3.05) is 38.6 Å². The molecule has 1 aliphatic heterocycles. The Bertz CT molecular complexity index is 785. The number of nitriles is 1. The van der Waals surface area contributed by atoms with Gasteiger partial charge in [0.25, 0.3) is 0 Å². The Morgan fingerprint density at radius 3 is 2.52 bits per heavy atom. The molecular weight excluding hydrogens is 372 g/mol. The number of carbonyl (C=O) groups is 2. The molecule has 0 bridgehead atoms. The van der Waals surface area contributed by atoms with E-state index in [1.165, 1.54) is 4.90 Å². The maximum Gasteiger partial charge on any atom is 0.318 e. The number of amides is 3. The third-order valence-electron chi connectivity index (χ3n) is 3.90. The van der Waals surface area contributed by atoms with E-state index in [4.69, 9.17) is 10.00 Å². The van der Waals surface area contributed by atoms with Gasteiger partial charge in [-0.05, 0) is 5.56 Å². The summed E-state index contributed by atoms with van der Waals surface area (Å²) in [5.41, 5.74) is 0.591. The molecule has 1 saturated heterocycles. The minimum absolute atomic E-state index is 0.247. The van der Waals surface area contributed by atoms with Crippen LogP contribution in [-0.2, 0) is 25.1 Å². The van der Waals surface area contributed by atoms with Crippen LogP contribution in [0.1, 0.15) is 5.56 Å². The van der Waals surface area contributed by atoms with Gasteiger partial charge < -0.3 is 20.3 Å². The van der Waals surface area contributed by atoms with Crippen LogP contribution in [0.4, 0.5) is 4.79 Å². The van der Waals surface area contributed by atoms with E-state index < -0.39 is 33.6 Å². The third kappa shape index (κ3) is 6.88. The van der Waals surface area contributed by atoms with Crippen molar-refractivity contribution in [1.29, 1.82) is 5.26 Å². The van der Waals surface area contributed by atoms with Crippen molar-refractivity contribution in [3.8, 4) is 6.07 Å². The summed E-state index contributed by atoms with van der Waals surface area (Å²) in [5.74, 6) is -1.52. The molecule has 27 heavy (non-hydrogen) atoms. The Kier molecular flexibility index (Phi) is 7.57. The summed E-state index contributed by atoms with van der Waals surface area (Å²) in [4.78, 5) is 26.1. The second-order valence-electron chi connectivity index (χ2n) is 6.02. The summed E-state index contributed by atoms with van der Waals surface area (Å²) in [5, 5.41) is 13.4. The van der Waals surface area contributed by atoms with Gasteiger partial charge in [0.15, 0.2) is 9.84 Å². The van der Waals surface area contributed by atoms with Crippen LogP contribution < -0.4 is 10.6 Å². The van der Waals surface area contributed by atoms with Crippen LogP contribution in [0, 0.1) is 11.3 Å². The summed E-state index contributed by atoms with van der Waals surface area (Å²) >= 11 is 0. The standard InChI is InChI=1S/C17H22N4O5S/c18-6-7-19-16(22)15(20-17(23)21-8-10-26-11-9-21)13-27(24,25)12-14-4-2-1-3-5-14/h1-5,15H,7-13H2,(H,19,22)(H,20,23). The van der Waals surface area contributed by atoms with E-state index in [0.717, 1.165) is 0 Å². The summed E-state index contributed by atoms with van der Waals surface area (Å²) in [6.45, 7) is 1.20.